The molecule has 128 valence electrons. The van der Waals surface area contributed by atoms with Crippen LogP contribution in [0, 0.1) is 10.1 Å². The van der Waals surface area contributed by atoms with Gasteiger partial charge in [0.15, 0.2) is 11.9 Å². The molecule has 1 unspecified atom stereocenters. The summed E-state index contributed by atoms with van der Waals surface area (Å²) in [5, 5.41) is 14.1. The van der Waals surface area contributed by atoms with E-state index in [-0.39, 0.29) is 24.0 Å². The molecule has 3 heterocycles. The predicted octanol–water partition coefficient (Wildman–Crippen LogP) is -0.464. The number of rotatable bonds is 3. The van der Waals surface area contributed by atoms with Crippen molar-refractivity contribution >= 4 is 23.5 Å². The summed E-state index contributed by atoms with van der Waals surface area (Å²) in [6, 6.07) is 2.60. The predicted molar refractivity (Wildman–Crippen MR) is 82.8 cm³/mol. The Bertz CT molecular complexity index is 688. The minimum absolute atomic E-state index is 0.00999. The van der Waals surface area contributed by atoms with Crippen LogP contribution in [0.25, 0.3) is 0 Å². The Labute approximate surface area is 137 Å². The van der Waals surface area contributed by atoms with Gasteiger partial charge in [-0.1, -0.05) is 0 Å². The largest absolute Gasteiger partial charge is 0.475 e. The van der Waals surface area contributed by atoms with E-state index in [2.05, 4.69) is 10.3 Å². The van der Waals surface area contributed by atoms with Crippen LogP contribution in [0.4, 0.5) is 11.6 Å². The quantitative estimate of drug-likeness (QED) is 0.586. The molecule has 10 nitrogen and oxygen atoms in total. The Morgan fingerprint density at radius 1 is 1.46 bits per heavy atom. The smallest absolute Gasteiger partial charge is 0.366 e. The second-order valence-electron chi connectivity index (χ2n) is 5.56. The van der Waals surface area contributed by atoms with E-state index in [4.69, 9.17) is 4.74 Å². The van der Waals surface area contributed by atoms with Gasteiger partial charge in [-0.2, -0.15) is 0 Å². The van der Waals surface area contributed by atoms with Gasteiger partial charge in [0.25, 0.3) is 11.7 Å². The van der Waals surface area contributed by atoms with Gasteiger partial charge in [0, 0.05) is 32.2 Å². The standard InChI is InChI=1S/C14H17N5O5/c1-9-14(21)18(8-12(20)17-6-4-15-5-7-17)13-10(24-9)2-3-11(16-13)19(22)23/h2-3,9,15H,4-8H2,1H3. The number of aromatic nitrogens is 1. The van der Waals surface area contributed by atoms with E-state index in [1.54, 1.807) is 11.8 Å². The highest BCUT2D eigenvalue weighted by Crippen LogP contribution is 2.33. The first-order valence-electron chi connectivity index (χ1n) is 7.59. The zero-order chi connectivity index (χ0) is 17.3. The molecule has 1 aromatic heterocycles. The van der Waals surface area contributed by atoms with Gasteiger partial charge in [-0.3, -0.25) is 14.5 Å². The number of ether oxygens (including phenoxy) is 1. The van der Waals surface area contributed by atoms with Crippen molar-refractivity contribution in [3.63, 3.8) is 0 Å². The topological polar surface area (TPSA) is 118 Å². The van der Waals surface area contributed by atoms with Crippen LogP contribution in [-0.2, 0) is 9.59 Å². The van der Waals surface area contributed by atoms with Gasteiger partial charge < -0.3 is 25.1 Å². The van der Waals surface area contributed by atoms with Crippen molar-refractivity contribution in [2.24, 2.45) is 0 Å². The van der Waals surface area contributed by atoms with Gasteiger partial charge in [0.2, 0.25) is 5.91 Å². The third-order valence-electron chi connectivity index (χ3n) is 3.95. The molecule has 1 aromatic rings. The molecule has 0 aliphatic carbocycles. The second kappa shape index (κ2) is 6.40. The molecular weight excluding hydrogens is 318 g/mol. The van der Waals surface area contributed by atoms with Crippen molar-refractivity contribution in [2.75, 3.05) is 37.6 Å². The number of hydrogen-bond acceptors (Lipinski definition) is 7. The van der Waals surface area contributed by atoms with Crippen molar-refractivity contribution in [3.05, 3.63) is 22.2 Å². The molecule has 1 atom stereocenters. The third-order valence-corrected chi connectivity index (χ3v) is 3.95. The fourth-order valence-electron chi connectivity index (χ4n) is 2.68. The molecule has 0 radical (unpaired) electrons. The van der Waals surface area contributed by atoms with Crippen LogP contribution in [-0.4, -0.2) is 65.4 Å². The Kier molecular flexibility index (Phi) is 4.30. The maximum absolute atomic E-state index is 12.4. The van der Waals surface area contributed by atoms with Crippen LogP contribution in [0.2, 0.25) is 0 Å². The molecule has 0 saturated carbocycles. The number of nitro groups is 1. The number of pyridine rings is 1. The van der Waals surface area contributed by atoms with E-state index in [9.17, 15) is 19.7 Å². The highest BCUT2D eigenvalue weighted by molar-refractivity contribution is 6.02. The maximum Gasteiger partial charge on any atom is 0.366 e. The van der Waals surface area contributed by atoms with Crippen LogP contribution < -0.4 is 15.0 Å². The van der Waals surface area contributed by atoms with Gasteiger partial charge in [0.05, 0.1) is 0 Å². The van der Waals surface area contributed by atoms with Crippen LogP contribution >= 0.6 is 0 Å². The third kappa shape index (κ3) is 3.00. The Hall–Kier alpha value is -2.75. The zero-order valence-electron chi connectivity index (χ0n) is 13.1. The van der Waals surface area contributed by atoms with Crippen molar-refractivity contribution in [1.29, 1.82) is 0 Å². The van der Waals surface area contributed by atoms with E-state index in [1.165, 1.54) is 17.0 Å². The summed E-state index contributed by atoms with van der Waals surface area (Å²) in [5.74, 6) is -0.812. The Morgan fingerprint density at radius 3 is 2.83 bits per heavy atom. The minimum Gasteiger partial charge on any atom is -0.475 e. The first kappa shape index (κ1) is 16.1. The molecule has 3 rings (SSSR count). The van der Waals surface area contributed by atoms with Crippen molar-refractivity contribution in [1.82, 2.24) is 15.2 Å². The van der Waals surface area contributed by atoms with E-state index in [0.29, 0.717) is 26.2 Å². The number of piperazine rings is 1. The van der Waals surface area contributed by atoms with Crippen molar-refractivity contribution in [2.45, 2.75) is 13.0 Å². The van der Waals surface area contributed by atoms with E-state index < -0.39 is 22.8 Å². The lowest BCUT2D eigenvalue weighted by molar-refractivity contribution is -0.389. The lowest BCUT2D eigenvalue weighted by Gasteiger charge is -2.32. The van der Waals surface area contributed by atoms with Gasteiger partial charge in [-0.05, 0) is 22.9 Å². The summed E-state index contributed by atoms with van der Waals surface area (Å²) in [5.41, 5.74) is 0. The molecule has 24 heavy (non-hydrogen) atoms. The lowest BCUT2D eigenvalue weighted by atomic mass is 10.2. The second-order valence-corrected chi connectivity index (χ2v) is 5.56. The van der Waals surface area contributed by atoms with Crippen LogP contribution in [0.1, 0.15) is 6.92 Å². The van der Waals surface area contributed by atoms with Gasteiger partial charge in [-0.25, -0.2) is 0 Å². The van der Waals surface area contributed by atoms with Gasteiger partial charge in [0.1, 0.15) is 6.54 Å². The summed E-state index contributed by atoms with van der Waals surface area (Å²) >= 11 is 0. The molecule has 2 amide bonds. The Morgan fingerprint density at radius 2 is 2.17 bits per heavy atom. The molecule has 0 bridgehead atoms. The average Bonchev–Trinajstić information content (AvgIpc) is 2.59. The summed E-state index contributed by atoms with van der Waals surface area (Å²) < 4.78 is 5.42. The van der Waals surface area contributed by atoms with Gasteiger partial charge in [-0.15, -0.1) is 0 Å². The van der Waals surface area contributed by atoms with E-state index in [0.717, 1.165) is 0 Å². The number of hydrogen-bond donors (Lipinski definition) is 1. The number of anilines is 1. The highest BCUT2D eigenvalue weighted by Gasteiger charge is 2.38. The maximum atomic E-state index is 12.4. The fourth-order valence-corrected chi connectivity index (χ4v) is 2.68. The summed E-state index contributed by atoms with van der Waals surface area (Å²) in [6.07, 6.45) is -0.781. The number of fused-ring (bicyclic) bond motifs is 1. The number of amides is 2. The average molecular weight is 335 g/mol. The Balaban J connectivity index is 1.88. The molecule has 1 saturated heterocycles. The molecule has 1 fully saturated rings. The highest BCUT2D eigenvalue weighted by atomic mass is 16.6. The first-order valence-corrected chi connectivity index (χ1v) is 7.59. The van der Waals surface area contributed by atoms with Crippen molar-refractivity contribution < 1.29 is 19.2 Å². The molecule has 0 aromatic carbocycles. The molecule has 10 heteroatoms. The first-order chi connectivity index (χ1) is 11.5. The lowest BCUT2D eigenvalue weighted by Crippen LogP contribution is -2.53. The summed E-state index contributed by atoms with van der Waals surface area (Å²) in [4.78, 5) is 41.8. The van der Waals surface area contributed by atoms with E-state index in [1.807, 2.05) is 0 Å². The normalized spacial score (nSPS) is 20.4. The monoisotopic (exact) mass is 335 g/mol. The number of carbonyl (C=O) groups is 2. The number of nitrogens with one attached hydrogen (secondary N) is 1. The zero-order valence-corrected chi connectivity index (χ0v) is 13.1. The van der Waals surface area contributed by atoms with Gasteiger partial charge >= 0.3 is 5.82 Å². The fraction of sp³-hybridized carbons (Fsp3) is 0.500. The minimum atomic E-state index is -0.781. The number of carbonyl (C=O) groups excluding carboxylic acids is 2. The number of nitrogens with zero attached hydrogens (tertiary/aromatic N) is 4. The van der Waals surface area contributed by atoms with Crippen LogP contribution in [0.3, 0.4) is 0 Å². The molecule has 0 spiro atoms. The summed E-state index contributed by atoms with van der Waals surface area (Å²) in [6.45, 7) is 3.85. The molecule has 2 aliphatic heterocycles. The SMILES string of the molecule is CC1Oc2ccc([N+](=O)[O-])nc2N(CC(=O)N2CCNCC2)C1=O. The molecule has 2 aliphatic rings. The van der Waals surface area contributed by atoms with Crippen LogP contribution in [0.15, 0.2) is 12.1 Å². The van der Waals surface area contributed by atoms with E-state index >= 15 is 0 Å². The van der Waals surface area contributed by atoms with Crippen molar-refractivity contribution in [3.8, 4) is 5.75 Å². The van der Waals surface area contributed by atoms with Crippen LogP contribution in [0.5, 0.6) is 5.75 Å². The molecule has 1 N–H and O–H groups in total. The molecular formula is C14H17N5O5. The summed E-state index contributed by atoms with van der Waals surface area (Å²) in [7, 11) is 0.